The molecule has 1 amide bonds. The average Bonchev–Trinajstić information content (AvgIpc) is 3.27. The zero-order chi connectivity index (χ0) is 20.9. The number of unbranched alkanes of at least 4 members (excludes halogenated alkanes) is 1. The van der Waals surface area contributed by atoms with Gasteiger partial charge in [0.25, 0.3) is 5.91 Å². The van der Waals surface area contributed by atoms with Crippen molar-refractivity contribution in [2.75, 3.05) is 20.3 Å². The van der Waals surface area contributed by atoms with Crippen molar-refractivity contribution in [3.8, 4) is 11.5 Å². The van der Waals surface area contributed by atoms with Crippen LogP contribution in [0.5, 0.6) is 11.5 Å². The first-order valence-electron chi connectivity index (χ1n) is 10.5. The van der Waals surface area contributed by atoms with Crippen LogP contribution in [0.25, 0.3) is 0 Å². The number of ether oxygens (including phenoxy) is 2. The van der Waals surface area contributed by atoms with Crippen LogP contribution in [0.1, 0.15) is 47.4 Å². The highest BCUT2D eigenvalue weighted by Crippen LogP contribution is 2.35. The van der Waals surface area contributed by atoms with Gasteiger partial charge in [0.05, 0.1) is 19.8 Å². The number of carbonyl (C=O) groups excluding carboxylic acids is 1. The Morgan fingerprint density at radius 2 is 1.87 bits per heavy atom. The summed E-state index contributed by atoms with van der Waals surface area (Å²) in [6.45, 7) is 4.27. The predicted octanol–water partition coefficient (Wildman–Crippen LogP) is 4.92. The van der Waals surface area contributed by atoms with Crippen molar-refractivity contribution >= 4 is 5.91 Å². The van der Waals surface area contributed by atoms with Crippen molar-refractivity contribution < 1.29 is 14.3 Å². The Hall–Kier alpha value is -3.21. The highest BCUT2D eigenvalue weighted by atomic mass is 16.5. The number of rotatable bonds is 7. The van der Waals surface area contributed by atoms with Gasteiger partial charge in [0.1, 0.15) is 11.5 Å². The van der Waals surface area contributed by atoms with E-state index in [-0.39, 0.29) is 11.9 Å². The lowest BCUT2D eigenvalue weighted by molar-refractivity contribution is 0.0664. The van der Waals surface area contributed by atoms with Gasteiger partial charge in [-0.3, -0.25) is 4.79 Å². The number of aromatic nitrogens is 1. The molecule has 0 bridgehead atoms. The minimum atomic E-state index is -0.156. The molecule has 0 spiro atoms. The van der Waals surface area contributed by atoms with Crippen molar-refractivity contribution in [2.24, 2.45) is 0 Å². The van der Waals surface area contributed by atoms with Crippen molar-refractivity contribution in [1.29, 1.82) is 0 Å². The van der Waals surface area contributed by atoms with Gasteiger partial charge in [-0.1, -0.05) is 25.5 Å². The van der Waals surface area contributed by atoms with E-state index in [4.69, 9.17) is 9.47 Å². The summed E-state index contributed by atoms with van der Waals surface area (Å²) in [5, 5.41) is 0. The summed E-state index contributed by atoms with van der Waals surface area (Å²) in [6.07, 6.45) is 4.20. The number of hydrogen-bond acceptors (Lipinski definition) is 3. The fraction of sp³-hybridized carbons (Fsp3) is 0.320. The first-order valence-corrected chi connectivity index (χ1v) is 10.5. The fourth-order valence-corrected chi connectivity index (χ4v) is 3.96. The van der Waals surface area contributed by atoms with Gasteiger partial charge in [0.15, 0.2) is 0 Å². The molecule has 1 aliphatic rings. The van der Waals surface area contributed by atoms with E-state index < -0.39 is 0 Å². The van der Waals surface area contributed by atoms with Crippen LogP contribution in [0.15, 0.2) is 66.9 Å². The molecule has 2 aromatic carbocycles. The molecule has 1 aromatic heterocycles. The lowest BCUT2D eigenvalue weighted by Crippen LogP contribution is -2.42. The largest absolute Gasteiger partial charge is 0.497 e. The molecule has 0 radical (unpaired) electrons. The maximum absolute atomic E-state index is 13.5. The van der Waals surface area contributed by atoms with Crippen molar-refractivity contribution in [2.45, 2.75) is 32.4 Å². The topological polar surface area (TPSA) is 43.7 Å². The molecular formula is C25H28N2O3. The second kappa shape index (κ2) is 9.08. The molecular weight excluding hydrogens is 376 g/mol. The zero-order valence-corrected chi connectivity index (χ0v) is 17.6. The SMILES string of the molecule is CCCCOc1ccc(C(=O)N2CCn3cccc3[C@H]2c2cccc(OC)c2)cc1. The van der Waals surface area contributed by atoms with Crippen molar-refractivity contribution in [1.82, 2.24) is 9.47 Å². The van der Waals surface area contributed by atoms with Crippen LogP contribution in [0.4, 0.5) is 0 Å². The molecule has 0 saturated carbocycles. The third-order valence-corrected chi connectivity index (χ3v) is 5.58. The van der Waals surface area contributed by atoms with E-state index in [2.05, 4.69) is 29.8 Å². The Balaban J connectivity index is 1.62. The standard InChI is InChI=1S/C25H28N2O3/c1-3-4-17-30-21-12-10-19(11-13-21)25(28)27-16-15-26-14-6-9-23(26)24(27)20-7-5-8-22(18-20)29-2/h5-14,18,24H,3-4,15-17H2,1-2H3/t24-/m1/s1. The third kappa shape index (κ3) is 4.06. The number of hydrogen-bond donors (Lipinski definition) is 0. The summed E-state index contributed by atoms with van der Waals surface area (Å²) in [5.74, 6) is 1.62. The van der Waals surface area contributed by atoms with Crippen LogP contribution >= 0.6 is 0 Å². The van der Waals surface area contributed by atoms with Gasteiger partial charge in [0.2, 0.25) is 0 Å². The molecule has 1 atom stereocenters. The van der Waals surface area contributed by atoms with E-state index in [1.54, 1.807) is 7.11 Å². The third-order valence-electron chi connectivity index (χ3n) is 5.58. The maximum Gasteiger partial charge on any atom is 0.254 e. The molecule has 30 heavy (non-hydrogen) atoms. The Kier molecular flexibility index (Phi) is 6.07. The summed E-state index contributed by atoms with van der Waals surface area (Å²) in [6, 6.07) is 19.4. The van der Waals surface area contributed by atoms with E-state index in [1.165, 1.54) is 0 Å². The predicted molar refractivity (Wildman–Crippen MR) is 117 cm³/mol. The van der Waals surface area contributed by atoms with Crippen LogP contribution in [0, 0.1) is 0 Å². The molecule has 0 fully saturated rings. The van der Waals surface area contributed by atoms with Gasteiger partial charge in [-0.2, -0.15) is 0 Å². The van der Waals surface area contributed by atoms with Crippen LogP contribution < -0.4 is 9.47 Å². The van der Waals surface area contributed by atoms with E-state index in [9.17, 15) is 4.79 Å². The minimum Gasteiger partial charge on any atom is -0.497 e. The molecule has 5 nitrogen and oxygen atoms in total. The lowest BCUT2D eigenvalue weighted by atomic mass is 9.98. The van der Waals surface area contributed by atoms with E-state index in [0.29, 0.717) is 18.7 Å². The van der Waals surface area contributed by atoms with E-state index in [1.807, 2.05) is 53.4 Å². The minimum absolute atomic E-state index is 0.0235. The molecule has 0 unspecified atom stereocenters. The first-order chi connectivity index (χ1) is 14.7. The summed E-state index contributed by atoms with van der Waals surface area (Å²) in [5.41, 5.74) is 2.83. The second-order valence-electron chi connectivity index (χ2n) is 7.53. The summed E-state index contributed by atoms with van der Waals surface area (Å²) < 4.78 is 13.4. The number of methoxy groups -OCH3 is 1. The normalized spacial score (nSPS) is 15.5. The summed E-state index contributed by atoms with van der Waals surface area (Å²) in [4.78, 5) is 15.4. The highest BCUT2D eigenvalue weighted by molar-refractivity contribution is 5.95. The smallest absolute Gasteiger partial charge is 0.254 e. The number of amides is 1. The van der Waals surface area contributed by atoms with Gasteiger partial charge in [-0.05, 0) is 60.5 Å². The summed E-state index contributed by atoms with van der Waals surface area (Å²) in [7, 11) is 1.66. The molecule has 0 aliphatic carbocycles. The van der Waals surface area contributed by atoms with E-state index in [0.717, 1.165) is 42.1 Å². The van der Waals surface area contributed by atoms with Crippen LogP contribution in [0.3, 0.4) is 0 Å². The molecule has 156 valence electrons. The zero-order valence-electron chi connectivity index (χ0n) is 17.6. The Morgan fingerprint density at radius 3 is 2.63 bits per heavy atom. The Morgan fingerprint density at radius 1 is 1.03 bits per heavy atom. The van der Waals surface area contributed by atoms with E-state index >= 15 is 0 Å². The molecule has 1 aliphatic heterocycles. The molecule has 3 aromatic rings. The quantitative estimate of drug-likeness (QED) is 0.525. The van der Waals surface area contributed by atoms with Crippen LogP contribution in [-0.2, 0) is 6.54 Å². The summed E-state index contributed by atoms with van der Waals surface area (Å²) >= 11 is 0. The van der Waals surface area contributed by atoms with Crippen LogP contribution in [0.2, 0.25) is 0 Å². The second-order valence-corrected chi connectivity index (χ2v) is 7.53. The van der Waals surface area contributed by atoms with Gasteiger partial charge in [-0.15, -0.1) is 0 Å². The maximum atomic E-state index is 13.5. The number of fused-ring (bicyclic) bond motifs is 1. The average molecular weight is 405 g/mol. The number of carbonyl (C=O) groups is 1. The van der Waals surface area contributed by atoms with Crippen molar-refractivity contribution in [3.63, 3.8) is 0 Å². The molecule has 4 rings (SSSR count). The van der Waals surface area contributed by atoms with Crippen molar-refractivity contribution in [3.05, 3.63) is 83.7 Å². The fourth-order valence-electron chi connectivity index (χ4n) is 3.96. The van der Waals surface area contributed by atoms with Gasteiger partial charge >= 0.3 is 0 Å². The first kappa shape index (κ1) is 20.1. The Bertz CT molecular complexity index is 994. The molecule has 0 N–H and O–H groups in total. The number of benzene rings is 2. The monoisotopic (exact) mass is 404 g/mol. The van der Waals surface area contributed by atoms with Crippen LogP contribution in [-0.4, -0.2) is 35.6 Å². The molecule has 0 saturated heterocycles. The Labute approximate surface area is 177 Å². The molecule has 5 heteroatoms. The lowest BCUT2D eigenvalue weighted by Gasteiger charge is -2.37. The van der Waals surface area contributed by atoms with Gasteiger partial charge in [-0.25, -0.2) is 0 Å². The molecule has 2 heterocycles. The number of nitrogens with zero attached hydrogens (tertiary/aromatic N) is 2. The van der Waals surface area contributed by atoms with Gasteiger partial charge < -0.3 is 18.9 Å². The highest BCUT2D eigenvalue weighted by Gasteiger charge is 2.32. The van der Waals surface area contributed by atoms with Gasteiger partial charge in [0, 0.05) is 30.5 Å².